The second-order valence-electron chi connectivity index (χ2n) is 1.77. The molecular weight excluding hydrogens is 133 g/mol. The third-order valence-electron chi connectivity index (χ3n) is 1.07. The van der Waals surface area contributed by atoms with E-state index in [9.17, 15) is 4.79 Å². The number of carbonyl (C=O) groups excluding carboxylic acids is 1. The number of rotatable bonds is 0. The van der Waals surface area contributed by atoms with Crippen LogP contribution in [0.4, 0.5) is 0 Å². The monoisotopic (exact) mass is 145 g/mol. The predicted octanol–water partition coefficient (Wildman–Crippen LogP) is 1.20. The summed E-state index contributed by atoms with van der Waals surface area (Å²) in [5, 5.41) is 0. The maximum Gasteiger partial charge on any atom is 0.158 e. The number of nitrogens with zero attached hydrogens (tertiary/aromatic N) is 1. The van der Waals surface area contributed by atoms with Gasteiger partial charge < -0.3 is 4.67 Å². The molecule has 0 saturated heterocycles. The highest BCUT2D eigenvalue weighted by Gasteiger charge is 2.03. The van der Waals surface area contributed by atoms with E-state index >= 15 is 0 Å². The molecule has 1 unspecified atom stereocenters. The van der Waals surface area contributed by atoms with Gasteiger partial charge >= 0.3 is 0 Å². The van der Waals surface area contributed by atoms with Crippen LogP contribution in [-0.4, -0.2) is 17.0 Å². The largest absolute Gasteiger partial charge is 0.362 e. The minimum Gasteiger partial charge on any atom is -0.362 e. The zero-order chi connectivity index (χ0) is 5.98. The number of hydrogen-bond donors (Lipinski definition) is 0. The van der Waals surface area contributed by atoms with E-state index in [0.717, 1.165) is 6.54 Å². The van der Waals surface area contributed by atoms with Gasteiger partial charge in [-0.15, -0.1) is 0 Å². The van der Waals surface area contributed by atoms with Crippen LogP contribution in [0.5, 0.6) is 0 Å². The Bertz CT molecular complexity index is 133. The molecule has 0 bridgehead atoms. The molecule has 0 spiro atoms. The molecule has 0 amide bonds. The molecule has 0 aromatic rings. The zero-order valence-corrected chi connectivity index (χ0v) is 5.66. The van der Waals surface area contributed by atoms with Crippen molar-refractivity contribution in [2.24, 2.45) is 0 Å². The Kier molecular flexibility index (Phi) is 3.48. The molecule has 9 heavy (non-hydrogen) atoms. The van der Waals surface area contributed by atoms with Crippen molar-refractivity contribution in [3.63, 3.8) is 0 Å². The van der Waals surface area contributed by atoms with Crippen molar-refractivity contribution in [3.8, 4) is 0 Å². The minimum atomic E-state index is 0. The van der Waals surface area contributed by atoms with Gasteiger partial charge in [0.2, 0.25) is 0 Å². The van der Waals surface area contributed by atoms with Crippen LogP contribution < -0.4 is 0 Å². The molecule has 0 radical (unpaired) electrons. The molecule has 1 atom stereocenters. The van der Waals surface area contributed by atoms with Crippen LogP contribution >= 0.6 is 9.39 Å². The number of hydrogen-bond acceptors (Lipinski definition) is 2. The van der Waals surface area contributed by atoms with Gasteiger partial charge in [-0.1, -0.05) is 7.43 Å². The molecule has 0 aromatic heterocycles. The molecule has 52 valence electrons. The summed E-state index contributed by atoms with van der Waals surface area (Å²) >= 11 is 0. The summed E-state index contributed by atoms with van der Waals surface area (Å²) < 4.78 is 1.92. The highest BCUT2D eigenvalue weighted by atomic mass is 31.0. The van der Waals surface area contributed by atoms with E-state index in [1.54, 1.807) is 12.3 Å². The first kappa shape index (κ1) is 8.64. The molecule has 0 aromatic carbocycles. The highest BCUT2D eigenvalue weighted by Crippen LogP contribution is 2.06. The fourth-order valence-corrected chi connectivity index (χ4v) is 0.791. The van der Waals surface area contributed by atoms with Crippen LogP contribution in [0.25, 0.3) is 0 Å². The van der Waals surface area contributed by atoms with Crippen LogP contribution in [0.15, 0.2) is 12.3 Å². The smallest absolute Gasteiger partial charge is 0.158 e. The van der Waals surface area contributed by atoms with E-state index in [2.05, 4.69) is 9.39 Å². The molecule has 2 nitrogen and oxygen atoms in total. The van der Waals surface area contributed by atoms with E-state index in [4.69, 9.17) is 0 Å². The average Bonchev–Trinajstić information content (AvgIpc) is 1.77. The zero-order valence-electron chi connectivity index (χ0n) is 4.50. The Hall–Kier alpha value is -0.360. The van der Waals surface area contributed by atoms with E-state index < -0.39 is 0 Å². The molecule has 1 rings (SSSR count). The lowest BCUT2D eigenvalue weighted by Crippen LogP contribution is -2.14. The minimum absolute atomic E-state index is 0. The Balaban J connectivity index is 0.000000640. The second-order valence-corrected chi connectivity index (χ2v) is 2.43. The van der Waals surface area contributed by atoms with Crippen molar-refractivity contribution < 1.29 is 4.79 Å². The van der Waals surface area contributed by atoms with E-state index in [-0.39, 0.29) is 13.2 Å². The lowest BCUT2D eigenvalue weighted by atomic mass is 10.2. The van der Waals surface area contributed by atoms with E-state index in [1.807, 2.05) is 4.67 Å². The van der Waals surface area contributed by atoms with Gasteiger partial charge in [0, 0.05) is 19.2 Å². The predicted molar refractivity (Wildman–Crippen MR) is 41.9 cm³/mol. The Labute approximate surface area is 58.2 Å². The second kappa shape index (κ2) is 3.62. The van der Waals surface area contributed by atoms with Gasteiger partial charge in [0.1, 0.15) is 0 Å². The summed E-state index contributed by atoms with van der Waals surface area (Å²) in [5.74, 6) is 0.226. The summed E-state index contributed by atoms with van der Waals surface area (Å²) in [4.78, 5) is 10.5. The highest BCUT2D eigenvalue weighted by molar-refractivity contribution is 7.13. The third kappa shape index (κ3) is 2.62. The van der Waals surface area contributed by atoms with Gasteiger partial charge in [0.15, 0.2) is 5.78 Å². The fraction of sp³-hybridized carbons (Fsp3) is 0.500. The summed E-state index contributed by atoms with van der Waals surface area (Å²) in [5.41, 5.74) is 0. The van der Waals surface area contributed by atoms with Gasteiger partial charge in [-0.3, -0.25) is 4.79 Å². The summed E-state index contributed by atoms with van der Waals surface area (Å²) in [6, 6.07) is 0. The molecule has 1 aliphatic rings. The molecule has 0 aliphatic carbocycles. The molecule has 0 fully saturated rings. The number of allylic oxidation sites excluding steroid dienone is 1. The molecule has 0 N–H and O–H groups in total. The molecular formula is C6H12NOP. The Morgan fingerprint density at radius 1 is 1.67 bits per heavy atom. The SMILES string of the molecule is C.O=C1C=CN(P)CC1. The van der Waals surface area contributed by atoms with Crippen molar-refractivity contribution in [3.05, 3.63) is 12.3 Å². The lowest BCUT2D eigenvalue weighted by Gasteiger charge is -2.15. The Morgan fingerprint density at radius 3 is 2.67 bits per heavy atom. The van der Waals surface area contributed by atoms with E-state index in [1.165, 1.54) is 0 Å². The normalized spacial score (nSPS) is 17.4. The van der Waals surface area contributed by atoms with E-state index in [0.29, 0.717) is 6.42 Å². The first-order valence-corrected chi connectivity index (χ1v) is 3.03. The topological polar surface area (TPSA) is 20.3 Å². The van der Waals surface area contributed by atoms with Crippen LogP contribution in [0.1, 0.15) is 13.8 Å². The average molecular weight is 145 g/mol. The van der Waals surface area contributed by atoms with Gasteiger partial charge in [-0.2, -0.15) is 0 Å². The van der Waals surface area contributed by atoms with Gasteiger partial charge in [-0.25, -0.2) is 0 Å². The van der Waals surface area contributed by atoms with Crippen molar-refractivity contribution in [1.29, 1.82) is 0 Å². The van der Waals surface area contributed by atoms with Crippen LogP contribution in [0.2, 0.25) is 0 Å². The standard InChI is InChI=1S/C5H8NOP.CH4/c7-5-1-3-6(8)4-2-5;/h1,3H,2,4,8H2;1H4. The molecule has 0 saturated carbocycles. The van der Waals surface area contributed by atoms with Crippen molar-refractivity contribution in [2.45, 2.75) is 13.8 Å². The maximum atomic E-state index is 10.5. The van der Waals surface area contributed by atoms with Gasteiger partial charge in [0.05, 0.1) is 0 Å². The summed E-state index contributed by atoms with van der Waals surface area (Å²) in [6.45, 7) is 0.833. The fourth-order valence-electron chi connectivity index (χ4n) is 0.576. The molecule has 1 heterocycles. The first-order valence-electron chi connectivity index (χ1n) is 2.51. The van der Waals surface area contributed by atoms with Crippen LogP contribution in [-0.2, 0) is 4.79 Å². The van der Waals surface area contributed by atoms with Gasteiger partial charge in [0.25, 0.3) is 0 Å². The number of carbonyl (C=O) groups is 1. The molecule has 1 aliphatic heterocycles. The first-order chi connectivity index (χ1) is 3.79. The van der Waals surface area contributed by atoms with Crippen molar-refractivity contribution in [2.75, 3.05) is 6.54 Å². The summed E-state index contributed by atoms with van der Waals surface area (Å²) in [7, 11) is 2.52. The lowest BCUT2D eigenvalue weighted by molar-refractivity contribution is -0.115. The Morgan fingerprint density at radius 2 is 2.33 bits per heavy atom. The third-order valence-corrected chi connectivity index (χ3v) is 1.50. The summed E-state index contributed by atoms with van der Waals surface area (Å²) in [6.07, 6.45) is 4.02. The van der Waals surface area contributed by atoms with Crippen LogP contribution in [0, 0.1) is 0 Å². The van der Waals surface area contributed by atoms with Crippen molar-refractivity contribution in [1.82, 2.24) is 4.67 Å². The van der Waals surface area contributed by atoms with Crippen LogP contribution in [0.3, 0.4) is 0 Å². The van der Waals surface area contributed by atoms with Gasteiger partial charge in [-0.05, 0) is 15.5 Å². The maximum absolute atomic E-state index is 10.5. The van der Waals surface area contributed by atoms with Crippen molar-refractivity contribution >= 4 is 15.2 Å². The quantitative estimate of drug-likeness (QED) is 0.477. The molecule has 3 heteroatoms. The number of ketones is 1.